The van der Waals surface area contributed by atoms with Crippen molar-refractivity contribution in [1.29, 1.82) is 0 Å². The van der Waals surface area contributed by atoms with Gasteiger partial charge in [0.15, 0.2) is 0 Å². The van der Waals surface area contributed by atoms with Crippen LogP contribution in [0.15, 0.2) is 0 Å². The van der Waals surface area contributed by atoms with Crippen LogP contribution in [0.1, 0.15) is 45.4 Å². The molecule has 3 nitrogen and oxygen atoms in total. The lowest BCUT2D eigenvalue weighted by Crippen LogP contribution is -2.17. The van der Waals surface area contributed by atoms with Crippen molar-refractivity contribution < 1.29 is 14.6 Å². The van der Waals surface area contributed by atoms with Crippen LogP contribution in [0.5, 0.6) is 0 Å². The first-order valence-electron chi connectivity index (χ1n) is 6.02. The fourth-order valence-corrected chi connectivity index (χ4v) is 1.47. The average molecular weight is 214 g/mol. The molecule has 0 spiro atoms. The number of hydrogen-bond acceptors (Lipinski definition) is 3. The van der Waals surface area contributed by atoms with E-state index >= 15 is 0 Å². The van der Waals surface area contributed by atoms with Gasteiger partial charge in [-0.25, -0.2) is 0 Å². The van der Waals surface area contributed by atoms with Gasteiger partial charge in [0.2, 0.25) is 0 Å². The predicted octanol–water partition coefficient (Wildman–Crippen LogP) is 1.92. The lowest BCUT2D eigenvalue weighted by atomic mass is 10.1. The molecular weight excluding hydrogens is 192 g/mol. The Labute approximate surface area is 91.8 Å². The Bertz CT molecular complexity index is 187. The molecule has 0 bridgehead atoms. The van der Waals surface area contributed by atoms with Crippen molar-refractivity contribution in [2.24, 2.45) is 5.92 Å². The number of carbonyl (C=O) groups excluding carboxylic acids is 1. The summed E-state index contributed by atoms with van der Waals surface area (Å²) in [5.74, 6) is 0.640. The molecular formula is C12H22O3. The summed E-state index contributed by atoms with van der Waals surface area (Å²) in [6, 6.07) is 0. The smallest absolute Gasteiger partial charge is 0.136 e. The Morgan fingerprint density at radius 1 is 1.53 bits per heavy atom. The van der Waals surface area contributed by atoms with Crippen LogP contribution in [-0.4, -0.2) is 30.2 Å². The number of ketones is 1. The van der Waals surface area contributed by atoms with Crippen molar-refractivity contribution in [2.45, 2.75) is 51.6 Å². The van der Waals surface area contributed by atoms with Gasteiger partial charge >= 0.3 is 0 Å². The zero-order valence-corrected chi connectivity index (χ0v) is 9.58. The standard InChI is InChI=1S/C12H22O3/c1-2-3-8-15-9-11(13)6-7-12(14)10-4-5-10/h10-11,13H,2-9H2,1H3. The normalized spacial score (nSPS) is 17.7. The molecule has 0 radical (unpaired) electrons. The summed E-state index contributed by atoms with van der Waals surface area (Å²) in [6.45, 7) is 3.19. The van der Waals surface area contributed by atoms with E-state index in [0.717, 1.165) is 25.7 Å². The number of aliphatic hydroxyl groups excluding tert-OH is 1. The summed E-state index contributed by atoms with van der Waals surface area (Å²) in [4.78, 5) is 11.3. The topological polar surface area (TPSA) is 46.5 Å². The molecule has 3 heteroatoms. The maximum absolute atomic E-state index is 11.3. The lowest BCUT2D eigenvalue weighted by molar-refractivity contribution is -0.121. The highest BCUT2D eigenvalue weighted by Gasteiger charge is 2.29. The van der Waals surface area contributed by atoms with E-state index in [0.29, 0.717) is 37.8 Å². The molecule has 1 unspecified atom stereocenters. The first-order valence-corrected chi connectivity index (χ1v) is 6.02. The molecule has 15 heavy (non-hydrogen) atoms. The van der Waals surface area contributed by atoms with Crippen LogP contribution in [0.3, 0.4) is 0 Å². The van der Waals surface area contributed by atoms with Crippen LogP contribution in [0.25, 0.3) is 0 Å². The Morgan fingerprint density at radius 2 is 2.27 bits per heavy atom. The highest BCUT2D eigenvalue weighted by Crippen LogP contribution is 2.31. The van der Waals surface area contributed by atoms with Gasteiger partial charge in [-0.2, -0.15) is 0 Å². The van der Waals surface area contributed by atoms with E-state index in [9.17, 15) is 9.90 Å². The third-order valence-corrected chi connectivity index (χ3v) is 2.71. The molecule has 0 aromatic carbocycles. The number of carbonyl (C=O) groups is 1. The molecule has 1 aliphatic carbocycles. The van der Waals surface area contributed by atoms with Crippen molar-refractivity contribution in [1.82, 2.24) is 0 Å². The largest absolute Gasteiger partial charge is 0.391 e. The highest BCUT2D eigenvalue weighted by atomic mass is 16.5. The van der Waals surface area contributed by atoms with Gasteiger partial charge in [-0.15, -0.1) is 0 Å². The van der Waals surface area contributed by atoms with Gasteiger partial charge in [0, 0.05) is 18.9 Å². The zero-order chi connectivity index (χ0) is 11.1. The van der Waals surface area contributed by atoms with E-state index in [1.54, 1.807) is 0 Å². The third-order valence-electron chi connectivity index (χ3n) is 2.71. The number of ether oxygens (including phenoxy) is 1. The molecule has 88 valence electrons. The molecule has 0 saturated heterocycles. The molecule has 0 aromatic rings. The molecule has 0 heterocycles. The molecule has 0 aliphatic heterocycles. The van der Waals surface area contributed by atoms with Gasteiger partial charge in [-0.3, -0.25) is 4.79 Å². The van der Waals surface area contributed by atoms with Gasteiger partial charge in [0.25, 0.3) is 0 Å². The second-order valence-electron chi connectivity index (χ2n) is 4.36. The SMILES string of the molecule is CCCCOCC(O)CCC(=O)C1CC1. The second kappa shape index (κ2) is 6.96. The monoisotopic (exact) mass is 214 g/mol. The molecule has 0 amide bonds. The molecule has 1 N–H and O–H groups in total. The van der Waals surface area contributed by atoms with Gasteiger partial charge in [0.05, 0.1) is 12.7 Å². The lowest BCUT2D eigenvalue weighted by Gasteiger charge is -2.10. The molecule has 1 aliphatic rings. The number of hydrogen-bond donors (Lipinski definition) is 1. The number of rotatable bonds is 9. The van der Waals surface area contributed by atoms with Crippen molar-refractivity contribution in [3.63, 3.8) is 0 Å². The maximum atomic E-state index is 11.3. The van der Waals surface area contributed by atoms with Gasteiger partial charge in [-0.05, 0) is 25.7 Å². The van der Waals surface area contributed by atoms with Crippen molar-refractivity contribution in [3.05, 3.63) is 0 Å². The van der Waals surface area contributed by atoms with Crippen LogP contribution in [0.2, 0.25) is 0 Å². The van der Waals surface area contributed by atoms with E-state index in [1.165, 1.54) is 0 Å². The van der Waals surface area contributed by atoms with Crippen molar-refractivity contribution in [3.8, 4) is 0 Å². The van der Waals surface area contributed by atoms with Crippen LogP contribution < -0.4 is 0 Å². The van der Waals surface area contributed by atoms with Gasteiger partial charge in [0.1, 0.15) is 5.78 Å². The third kappa shape index (κ3) is 5.90. The summed E-state index contributed by atoms with van der Waals surface area (Å²) >= 11 is 0. The average Bonchev–Trinajstić information content (AvgIpc) is 3.04. The van der Waals surface area contributed by atoms with Gasteiger partial charge < -0.3 is 9.84 Å². The van der Waals surface area contributed by atoms with Gasteiger partial charge in [-0.1, -0.05) is 13.3 Å². The molecule has 1 saturated carbocycles. The quantitative estimate of drug-likeness (QED) is 0.596. The van der Waals surface area contributed by atoms with Crippen LogP contribution >= 0.6 is 0 Å². The number of Topliss-reactive ketones (excluding diaryl/α,β-unsaturated/α-hetero) is 1. The van der Waals surface area contributed by atoms with E-state index < -0.39 is 6.10 Å². The minimum Gasteiger partial charge on any atom is -0.391 e. The Hall–Kier alpha value is -0.410. The predicted molar refractivity (Wildman–Crippen MR) is 58.7 cm³/mol. The molecule has 1 rings (SSSR count). The zero-order valence-electron chi connectivity index (χ0n) is 9.58. The fraction of sp³-hybridized carbons (Fsp3) is 0.917. The highest BCUT2D eigenvalue weighted by molar-refractivity contribution is 5.83. The molecule has 1 atom stereocenters. The minimum atomic E-state index is -0.468. The number of aliphatic hydroxyl groups is 1. The van der Waals surface area contributed by atoms with E-state index in [4.69, 9.17) is 4.74 Å². The maximum Gasteiger partial charge on any atom is 0.136 e. The van der Waals surface area contributed by atoms with E-state index in [-0.39, 0.29) is 0 Å². The molecule has 1 fully saturated rings. The van der Waals surface area contributed by atoms with E-state index in [2.05, 4.69) is 6.92 Å². The fourth-order valence-electron chi connectivity index (χ4n) is 1.47. The summed E-state index contributed by atoms with van der Waals surface area (Å²) < 4.78 is 5.28. The van der Waals surface area contributed by atoms with Crippen molar-refractivity contribution in [2.75, 3.05) is 13.2 Å². The van der Waals surface area contributed by atoms with Crippen LogP contribution in [-0.2, 0) is 9.53 Å². The first kappa shape index (κ1) is 12.7. The summed E-state index contributed by atoms with van der Waals surface area (Å²) in [5.41, 5.74) is 0. The van der Waals surface area contributed by atoms with Crippen LogP contribution in [0.4, 0.5) is 0 Å². The summed E-state index contributed by atoms with van der Waals surface area (Å²) in [6.07, 6.45) is 4.86. The van der Waals surface area contributed by atoms with Crippen molar-refractivity contribution >= 4 is 5.78 Å². The second-order valence-corrected chi connectivity index (χ2v) is 4.36. The Morgan fingerprint density at radius 3 is 2.87 bits per heavy atom. The Balaban J connectivity index is 1.92. The number of unbranched alkanes of at least 4 members (excludes halogenated alkanes) is 1. The van der Waals surface area contributed by atoms with E-state index in [1.807, 2.05) is 0 Å². The summed E-state index contributed by atoms with van der Waals surface area (Å²) in [5, 5.41) is 9.52. The minimum absolute atomic E-state index is 0.318. The Kier molecular flexibility index (Phi) is 5.88. The van der Waals surface area contributed by atoms with Crippen LogP contribution in [0, 0.1) is 5.92 Å². The molecule has 0 aromatic heterocycles. The summed E-state index contributed by atoms with van der Waals surface area (Å²) in [7, 11) is 0. The first-order chi connectivity index (χ1) is 7.24.